The van der Waals surface area contributed by atoms with E-state index in [1.54, 1.807) is 27.7 Å². The van der Waals surface area contributed by atoms with Gasteiger partial charge >= 0.3 is 6.09 Å². The fourth-order valence-corrected chi connectivity index (χ4v) is 2.57. The molecule has 1 saturated heterocycles. The lowest BCUT2D eigenvalue weighted by Gasteiger charge is -2.29. The van der Waals surface area contributed by atoms with Crippen LogP contribution < -0.4 is 11.1 Å². The highest BCUT2D eigenvalue weighted by atomic mass is 16.6. The van der Waals surface area contributed by atoms with Crippen molar-refractivity contribution in [1.82, 2.24) is 10.2 Å². The smallest absolute Gasteiger partial charge is 0.410 e. The maximum absolute atomic E-state index is 12.5. The highest BCUT2D eigenvalue weighted by Gasteiger charge is 2.37. The van der Waals surface area contributed by atoms with E-state index in [2.05, 4.69) is 5.32 Å². The maximum Gasteiger partial charge on any atom is 0.410 e. The van der Waals surface area contributed by atoms with Crippen molar-refractivity contribution in [3.05, 3.63) is 0 Å². The number of ketones is 1. The Balaban J connectivity index is 2.73. The first-order valence-corrected chi connectivity index (χ1v) is 8.22. The van der Waals surface area contributed by atoms with Gasteiger partial charge in [-0.1, -0.05) is 6.92 Å². The van der Waals surface area contributed by atoms with E-state index in [0.29, 0.717) is 32.4 Å². The van der Waals surface area contributed by atoms with Gasteiger partial charge < -0.3 is 15.8 Å². The van der Waals surface area contributed by atoms with Crippen molar-refractivity contribution in [2.75, 3.05) is 13.1 Å². The van der Waals surface area contributed by atoms with Gasteiger partial charge in [-0.05, 0) is 46.6 Å². The van der Waals surface area contributed by atoms with Crippen molar-refractivity contribution < 1.29 is 19.1 Å². The second-order valence-electron chi connectivity index (χ2n) is 6.79. The van der Waals surface area contributed by atoms with Gasteiger partial charge in [-0.15, -0.1) is 0 Å². The molecular formula is C16H29N3O4. The number of Topliss-reactive ketones (excluding diaryl/α,β-unsaturated/α-hetero) is 1. The van der Waals surface area contributed by atoms with Gasteiger partial charge in [0.15, 0.2) is 5.78 Å². The number of nitrogens with zero attached hydrogens (tertiary/aromatic N) is 1. The first-order chi connectivity index (χ1) is 10.7. The third-order valence-corrected chi connectivity index (χ3v) is 3.69. The van der Waals surface area contributed by atoms with Gasteiger partial charge in [0.1, 0.15) is 11.6 Å². The summed E-state index contributed by atoms with van der Waals surface area (Å²) in [7, 11) is 0. The highest BCUT2D eigenvalue weighted by molar-refractivity contribution is 5.92. The zero-order valence-corrected chi connectivity index (χ0v) is 14.6. The molecule has 132 valence electrons. The number of nitrogens with one attached hydrogen (secondary N) is 1. The molecule has 0 radical (unpaired) electrons. The summed E-state index contributed by atoms with van der Waals surface area (Å²) in [6.07, 6.45) is 1.55. The molecule has 0 aromatic carbocycles. The van der Waals surface area contributed by atoms with Crippen LogP contribution in [0.5, 0.6) is 0 Å². The van der Waals surface area contributed by atoms with Gasteiger partial charge in [0.25, 0.3) is 0 Å². The van der Waals surface area contributed by atoms with Crippen molar-refractivity contribution >= 4 is 17.8 Å². The van der Waals surface area contributed by atoms with Crippen molar-refractivity contribution in [2.24, 2.45) is 5.73 Å². The summed E-state index contributed by atoms with van der Waals surface area (Å²) < 4.78 is 5.34. The van der Waals surface area contributed by atoms with Crippen molar-refractivity contribution in [3.63, 3.8) is 0 Å². The van der Waals surface area contributed by atoms with Crippen molar-refractivity contribution in [3.8, 4) is 0 Å². The van der Waals surface area contributed by atoms with E-state index in [4.69, 9.17) is 10.5 Å². The van der Waals surface area contributed by atoms with Crippen LogP contribution in [0.2, 0.25) is 0 Å². The van der Waals surface area contributed by atoms with E-state index in [9.17, 15) is 14.4 Å². The lowest BCUT2D eigenvalue weighted by atomic mass is 10.1. The average molecular weight is 327 g/mol. The first kappa shape index (κ1) is 19.4. The van der Waals surface area contributed by atoms with Crippen LogP contribution in [-0.4, -0.2) is 53.5 Å². The molecule has 1 aliphatic heterocycles. The minimum absolute atomic E-state index is 0.0504. The predicted octanol–water partition coefficient (Wildman–Crippen LogP) is 1.20. The fraction of sp³-hybridized carbons (Fsp3) is 0.812. The summed E-state index contributed by atoms with van der Waals surface area (Å²) in [5.41, 5.74) is 4.90. The summed E-state index contributed by atoms with van der Waals surface area (Å²) >= 11 is 0. The standard InChI is InChI=1S/C16H29N3O4/c1-5-13(20)11(8-9-17)18-14(21)12-7-6-10-19(12)15(22)23-16(2,3)4/h11-12H,5-10,17H2,1-4H3,(H,18,21)/t11-,12?/m0/s1. The van der Waals surface area contributed by atoms with Crippen LogP contribution >= 0.6 is 0 Å². The molecule has 0 saturated carbocycles. The van der Waals surface area contributed by atoms with Crippen LogP contribution in [0.1, 0.15) is 53.4 Å². The van der Waals surface area contributed by atoms with E-state index in [1.807, 2.05) is 0 Å². The molecule has 2 amide bonds. The number of likely N-dealkylation sites (tertiary alicyclic amines) is 1. The molecule has 1 unspecified atom stereocenters. The minimum atomic E-state index is -0.610. The van der Waals surface area contributed by atoms with Crippen molar-refractivity contribution in [2.45, 2.75) is 71.1 Å². The molecule has 0 bridgehead atoms. The highest BCUT2D eigenvalue weighted by Crippen LogP contribution is 2.21. The summed E-state index contributed by atoms with van der Waals surface area (Å²) in [6.45, 7) is 7.90. The van der Waals surface area contributed by atoms with Crippen LogP contribution in [0.4, 0.5) is 4.79 Å². The van der Waals surface area contributed by atoms with E-state index < -0.39 is 23.8 Å². The van der Waals surface area contributed by atoms with Crippen LogP contribution in [0, 0.1) is 0 Å². The van der Waals surface area contributed by atoms with E-state index in [1.165, 1.54) is 4.90 Å². The Kier molecular flexibility index (Phi) is 7.00. The summed E-state index contributed by atoms with van der Waals surface area (Å²) in [4.78, 5) is 38.0. The molecule has 23 heavy (non-hydrogen) atoms. The number of carbonyl (C=O) groups is 3. The number of ether oxygens (including phenoxy) is 1. The van der Waals surface area contributed by atoms with Gasteiger partial charge in [0.05, 0.1) is 6.04 Å². The Morgan fingerprint density at radius 3 is 2.52 bits per heavy atom. The quantitative estimate of drug-likeness (QED) is 0.763. The number of nitrogens with two attached hydrogens (primary N) is 1. The molecular weight excluding hydrogens is 298 g/mol. The molecule has 7 nitrogen and oxygen atoms in total. The fourth-order valence-electron chi connectivity index (χ4n) is 2.57. The number of amides is 2. The molecule has 2 atom stereocenters. The van der Waals surface area contributed by atoms with E-state index in [-0.39, 0.29) is 11.7 Å². The predicted molar refractivity (Wildman–Crippen MR) is 86.9 cm³/mol. The normalized spacial score (nSPS) is 19.3. The Morgan fingerprint density at radius 1 is 1.35 bits per heavy atom. The third kappa shape index (κ3) is 5.82. The summed E-state index contributed by atoms with van der Waals surface area (Å²) in [5, 5.41) is 2.74. The molecule has 1 rings (SSSR count). The number of hydrogen-bond donors (Lipinski definition) is 2. The molecule has 0 aliphatic carbocycles. The largest absolute Gasteiger partial charge is 0.444 e. The Hall–Kier alpha value is -1.63. The van der Waals surface area contributed by atoms with Crippen LogP contribution in [0.15, 0.2) is 0 Å². The van der Waals surface area contributed by atoms with Gasteiger partial charge in [-0.3, -0.25) is 14.5 Å². The molecule has 1 fully saturated rings. The molecule has 0 aromatic heterocycles. The molecule has 1 aliphatic rings. The zero-order valence-electron chi connectivity index (χ0n) is 14.6. The second kappa shape index (κ2) is 8.29. The maximum atomic E-state index is 12.5. The molecule has 0 spiro atoms. The lowest BCUT2D eigenvalue weighted by Crippen LogP contribution is -2.52. The van der Waals surface area contributed by atoms with Crippen LogP contribution in [0.3, 0.4) is 0 Å². The first-order valence-electron chi connectivity index (χ1n) is 8.22. The summed E-state index contributed by atoms with van der Waals surface area (Å²) in [5.74, 6) is -0.362. The Bertz CT molecular complexity index is 445. The number of rotatable bonds is 6. The summed E-state index contributed by atoms with van der Waals surface area (Å²) in [6, 6.07) is -1.17. The second-order valence-corrected chi connectivity index (χ2v) is 6.79. The monoisotopic (exact) mass is 327 g/mol. The topological polar surface area (TPSA) is 102 Å². The van der Waals surface area contributed by atoms with E-state index in [0.717, 1.165) is 6.42 Å². The molecule has 3 N–H and O–H groups in total. The SMILES string of the molecule is CCC(=O)[C@H](CCN)NC(=O)C1CCCN1C(=O)OC(C)(C)C. The molecule has 7 heteroatoms. The Morgan fingerprint density at radius 2 is 2.00 bits per heavy atom. The molecule has 0 aromatic rings. The van der Waals surface area contributed by atoms with Crippen LogP contribution in [0.25, 0.3) is 0 Å². The van der Waals surface area contributed by atoms with Gasteiger partial charge in [-0.2, -0.15) is 0 Å². The zero-order chi connectivity index (χ0) is 17.6. The van der Waals surface area contributed by atoms with Gasteiger partial charge in [0, 0.05) is 13.0 Å². The Labute approximate surface area is 137 Å². The lowest BCUT2D eigenvalue weighted by molar-refractivity contribution is -0.130. The molecule has 1 heterocycles. The van der Waals surface area contributed by atoms with E-state index >= 15 is 0 Å². The third-order valence-electron chi connectivity index (χ3n) is 3.69. The van der Waals surface area contributed by atoms with Gasteiger partial charge in [0.2, 0.25) is 5.91 Å². The van der Waals surface area contributed by atoms with Gasteiger partial charge in [-0.25, -0.2) is 4.79 Å². The average Bonchev–Trinajstić information content (AvgIpc) is 2.93. The van der Waals surface area contributed by atoms with Crippen LogP contribution in [-0.2, 0) is 14.3 Å². The van der Waals surface area contributed by atoms with Crippen molar-refractivity contribution in [1.29, 1.82) is 0 Å². The number of carbonyl (C=O) groups excluding carboxylic acids is 3. The minimum Gasteiger partial charge on any atom is -0.444 e. The number of hydrogen-bond acceptors (Lipinski definition) is 5.